The molecule has 0 amide bonds. The first-order valence-corrected chi connectivity index (χ1v) is 9.32. The number of benzene rings is 1. The highest BCUT2D eigenvalue weighted by atomic mass is 16.3. The number of aromatic hydroxyl groups is 2. The van der Waals surface area contributed by atoms with Crippen LogP contribution < -0.4 is 0 Å². The molecule has 0 aromatic heterocycles. The molecule has 1 aliphatic rings. The molecule has 1 aliphatic carbocycles. The minimum absolute atomic E-state index is 0.0552. The third-order valence-corrected chi connectivity index (χ3v) is 5.39. The maximum atomic E-state index is 10.6. The number of unbranched alkanes of at least 4 members (excludes halogenated alkanes) is 2. The van der Waals surface area contributed by atoms with Crippen molar-refractivity contribution in [1.29, 1.82) is 0 Å². The predicted molar refractivity (Wildman–Crippen MR) is 102 cm³/mol. The summed E-state index contributed by atoms with van der Waals surface area (Å²) in [5, 5.41) is 21.3. The van der Waals surface area contributed by atoms with E-state index in [0.29, 0.717) is 11.5 Å². The van der Waals surface area contributed by atoms with E-state index in [1.165, 1.54) is 24.0 Å². The Morgan fingerprint density at radius 3 is 2.46 bits per heavy atom. The Kier molecular flexibility index (Phi) is 6.53. The fourth-order valence-corrected chi connectivity index (χ4v) is 3.82. The molecule has 0 spiro atoms. The highest BCUT2D eigenvalue weighted by Gasteiger charge is 2.30. The van der Waals surface area contributed by atoms with E-state index in [1.807, 2.05) is 12.1 Å². The van der Waals surface area contributed by atoms with Gasteiger partial charge in [-0.05, 0) is 70.1 Å². The molecule has 0 saturated carbocycles. The van der Waals surface area contributed by atoms with Crippen molar-refractivity contribution in [2.75, 3.05) is 0 Å². The van der Waals surface area contributed by atoms with Crippen LogP contribution in [0.5, 0.6) is 11.5 Å². The van der Waals surface area contributed by atoms with Crippen LogP contribution in [-0.4, -0.2) is 10.2 Å². The van der Waals surface area contributed by atoms with Crippen LogP contribution in [0.3, 0.4) is 0 Å². The summed E-state index contributed by atoms with van der Waals surface area (Å²) >= 11 is 0. The Bertz CT molecular complexity index is 602. The Balaban J connectivity index is 2.36. The maximum absolute atomic E-state index is 10.6. The van der Waals surface area contributed by atoms with Crippen LogP contribution in [0.2, 0.25) is 0 Å². The molecular formula is C22H32O2. The summed E-state index contributed by atoms with van der Waals surface area (Å²) in [4.78, 5) is 0. The van der Waals surface area contributed by atoms with Gasteiger partial charge in [0.25, 0.3) is 0 Å². The van der Waals surface area contributed by atoms with Crippen LogP contribution in [0.4, 0.5) is 0 Å². The molecule has 1 aromatic rings. The zero-order chi connectivity index (χ0) is 17.7. The van der Waals surface area contributed by atoms with E-state index in [2.05, 4.69) is 39.8 Å². The van der Waals surface area contributed by atoms with Crippen molar-refractivity contribution in [2.45, 2.75) is 72.1 Å². The second kappa shape index (κ2) is 8.41. The minimum atomic E-state index is 0.0552. The van der Waals surface area contributed by atoms with Crippen LogP contribution in [0.15, 0.2) is 35.4 Å². The summed E-state index contributed by atoms with van der Waals surface area (Å²) in [5.74, 6) is 0.888. The molecule has 2 atom stereocenters. The van der Waals surface area contributed by atoms with Gasteiger partial charge in [-0.3, -0.25) is 0 Å². The van der Waals surface area contributed by atoms with Gasteiger partial charge in [0.05, 0.1) is 0 Å². The van der Waals surface area contributed by atoms with Gasteiger partial charge in [-0.15, -0.1) is 0 Å². The van der Waals surface area contributed by atoms with E-state index < -0.39 is 0 Å². The largest absolute Gasteiger partial charge is 0.507 e. The van der Waals surface area contributed by atoms with Gasteiger partial charge in [-0.25, -0.2) is 0 Å². The van der Waals surface area contributed by atoms with Gasteiger partial charge in [0.1, 0.15) is 11.5 Å². The number of allylic oxidation sites excluding steroid dienone is 4. The van der Waals surface area contributed by atoms with Crippen LogP contribution in [0, 0.1) is 5.92 Å². The van der Waals surface area contributed by atoms with Crippen molar-refractivity contribution in [1.82, 2.24) is 0 Å². The smallest absolute Gasteiger partial charge is 0.123 e. The maximum Gasteiger partial charge on any atom is 0.123 e. The molecule has 0 saturated heterocycles. The molecule has 0 bridgehead atoms. The normalized spacial score (nSPS) is 21.7. The number of hydrogen-bond donors (Lipinski definition) is 2. The zero-order valence-electron chi connectivity index (χ0n) is 15.6. The third kappa shape index (κ3) is 4.23. The average molecular weight is 328 g/mol. The van der Waals surface area contributed by atoms with Crippen LogP contribution >= 0.6 is 0 Å². The Labute approximate surface area is 146 Å². The second-order valence-corrected chi connectivity index (χ2v) is 7.22. The molecule has 0 aliphatic heterocycles. The van der Waals surface area contributed by atoms with Crippen molar-refractivity contribution in [3.63, 3.8) is 0 Å². The molecule has 2 N–H and O–H groups in total. The van der Waals surface area contributed by atoms with Crippen LogP contribution in [-0.2, 0) is 6.42 Å². The highest BCUT2D eigenvalue weighted by molar-refractivity contribution is 5.51. The summed E-state index contributed by atoms with van der Waals surface area (Å²) in [5.41, 5.74) is 4.39. The number of phenols is 2. The molecule has 24 heavy (non-hydrogen) atoms. The van der Waals surface area contributed by atoms with Gasteiger partial charge in [0.15, 0.2) is 0 Å². The fraction of sp³-hybridized carbons (Fsp3) is 0.545. The SMILES string of the molecule is C/C=C(/C)C1CCC(C)=CC1c1c(O)cc(CCCCC)cc1O. The fourth-order valence-electron chi connectivity index (χ4n) is 3.82. The van der Waals surface area contributed by atoms with E-state index >= 15 is 0 Å². The van der Waals surface area contributed by atoms with Gasteiger partial charge < -0.3 is 10.2 Å². The first-order valence-electron chi connectivity index (χ1n) is 9.32. The second-order valence-electron chi connectivity index (χ2n) is 7.22. The first kappa shape index (κ1) is 18.6. The minimum Gasteiger partial charge on any atom is -0.507 e. The molecule has 0 fully saturated rings. The molecule has 2 rings (SSSR count). The van der Waals surface area contributed by atoms with E-state index in [9.17, 15) is 10.2 Å². The summed E-state index contributed by atoms with van der Waals surface area (Å²) in [7, 11) is 0. The van der Waals surface area contributed by atoms with E-state index in [-0.39, 0.29) is 17.4 Å². The van der Waals surface area contributed by atoms with E-state index in [1.54, 1.807) is 0 Å². The van der Waals surface area contributed by atoms with Crippen molar-refractivity contribution in [3.05, 3.63) is 46.6 Å². The Morgan fingerprint density at radius 1 is 1.21 bits per heavy atom. The van der Waals surface area contributed by atoms with Gasteiger partial charge in [-0.1, -0.05) is 43.1 Å². The summed E-state index contributed by atoms with van der Waals surface area (Å²) < 4.78 is 0. The van der Waals surface area contributed by atoms with Crippen molar-refractivity contribution in [3.8, 4) is 11.5 Å². The zero-order valence-corrected chi connectivity index (χ0v) is 15.6. The van der Waals surface area contributed by atoms with Crippen LogP contribution in [0.1, 0.15) is 76.8 Å². The lowest BCUT2D eigenvalue weighted by Crippen LogP contribution is -2.17. The molecule has 2 nitrogen and oxygen atoms in total. The molecule has 1 aromatic carbocycles. The van der Waals surface area contributed by atoms with E-state index in [4.69, 9.17) is 0 Å². The Hall–Kier alpha value is -1.70. The van der Waals surface area contributed by atoms with Gasteiger partial charge in [0.2, 0.25) is 0 Å². The lowest BCUT2D eigenvalue weighted by atomic mass is 9.73. The number of phenolic OH excluding ortho intramolecular Hbond substituents is 2. The van der Waals surface area contributed by atoms with Gasteiger partial charge in [0, 0.05) is 11.5 Å². The number of aryl methyl sites for hydroxylation is 1. The van der Waals surface area contributed by atoms with Crippen molar-refractivity contribution >= 4 is 0 Å². The topological polar surface area (TPSA) is 40.5 Å². The predicted octanol–water partition coefficient (Wildman–Crippen LogP) is 6.24. The average Bonchev–Trinajstić information content (AvgIpc) is 2.54. The van der Waals surface area contributed by atoms with Crippen molar-refractivity contribution < 1.29 is 10.2 Å². The molecule has 2 heteroatoms. The molecule has 0 radical (unpaired) electrons. The highest BCUT2D eigenvalue weighted by Crippen LogP contribution is 2.46. The molecular weight excluding hydrogens is 296 g/mol. The molecule has 2 unspecified atom stereocenters. The molecule has 132 valence electrons. The number of rotatable bonds is 6. The van der Waals surface area contributed by atoms with Gasteiger partial charge >= 0.3 is 0 Å². The van der Waals surface area contributed by atoms with Gasteiger partial charge in [-0.2, -0.15) is 0 Å². The lowest BCUT2D eigenvalue weighted by Gasteiger charge is -2.32. The third-order valence-electron chi connectivity index (χ3n) is 5.39. The lowest BCUT2D eigenvalue weighted by molar-refractivity contribution is 0.405. The summed E-state index contributed by atoms with van der Waals surface area (Å²) in [6, 6.07) is 3.70. The monoisotopic (exact) mass is 328 g/mol. The van der Waals surface area contributed by atoms with Crippen LogP contribution in [0.25, 0.3) is 0 Å². The summed E-state index contributed by atoms with van der Waals surface area (Å²) in [6.45, 7) is 8.54. The molecule has 0 heterocycles. The standard InChI is InChI=1S/C22H32O2/c1-5-7-8-9-17-13-20(23)22(21(24)14-17)19-12-15(3)10-11-18(19)16(4)6-2/h6,12-14,18-19,23-24H,5,7-11H2,1-4H3/b16-6-. The van der Waals surface area contributed by atoms with E-state index in [0.717, 1.165) is 31.2 Å². The Morgan fingerprint density at radius 2 is 1.88 bits per heavy atom. The quantitative estimate of drug-likeness (QED) is 0.479. The first-order chi connectivity index (χ1) is 11.5. The number of hydrogen-bond acceptors (Lipinski definition) is 2. The van der Waals surface area contributed by atoms with Crippen molar-refractivity contribution in [2.24, 2.45) is 5.92 Å². The summed E-state index contributed by atoms with van der Waals surface area (Å²) in [6.07, 6.45) is 10.9.